The van der Waals surface area contributed by atoms with Crippen LogP contribution in [0.3, 0.4) is 0 Å². The molecule has 0 spiro atoms. The standard InChI is InChI=1S/C16H27N3O2/c20-15(12-5-1-2-6-12)19-10-9-14(11-19)18-16(21)17-13-7-3-4-8-13/h12-14H,1-11H2,(H2,17,18,21). The van der Waals surface area contributed by atoms with Gasteiger partial charge in [0.05, 0.1) is 0 Å². The Morgan fingerprint density at radius 3 is 2.14 bits per heavy atom. The van der Waals surface area contributed by atoms with Crippen LogP contribution in [0.4, 0.5) is 4.79 Å². The average Bonchev–Trinajstić information content (AvgIpc) is 3.20. The predicted molar refractivity (Wildman–Crippen MR) is 80.9 cm³/mol. The van der Waals surface area contributed by atoms with E-state index in [4.69, 9.17) is 0 Å². The van der Waals surface area contributed by atoms with Crippen molar-refractivity contribution in [3.8, 4) is 0 Å². The third-order valence-corrected chi connectivity index (χ3v) is 5.23. The van der Waals surface area contributed by atoms with Gasteiger partial charge in [0, 0.05) is 31.1 Å². The molecule has 3 rings (SSSR count). The number of hydrogen-bond donors (Lipinski definition) is 2. The van der Waals surface area contributed by atoms with E-state index in [1.54, 1.807) is 0 Å². The second-order valence-electron chi connectivity index (χ2n) is 6.85. The third kappa shape index (κ3) is 3.69. The van der Waals surface area contributed by atoms with Crippen LogP contribution in [0.1, 0.15) is 57.8 Å². The first kappa shape index (κ1) is 14.7. The van der Waals surface area contributed by atoms with Gasteiger partial charge < -0.3 is 15.5 Å². The molecule has 3 fully saturated rings. The smallest absolute Gasteiger partial charge is 0.315 e. The Hall–Kier alpha value is -1.26. The van der Waals surface area contributed by atoms with Crippen LogP contribution in [-0.4, -0.2) is 42.0 Å². The summed E-state index contributed by atoms with van der Waals surface area (Å²) >= 11 is 0. The van der Waals surface area contributed by atoms with E-state index in [0.29, 0.717) is 18.5 Å². The molecule has 2 saturated carbocycles. The minimum absolute atomic E-state index is 0.0536. The fourth-order valence-electron chi connectivity index (χ4n) is 3.99. The Labute approximate surface area is 126 Å². The summed E-state index contributed by atoms with van der Waals surface area (Å²) in [4.78, 5) is 26.3. The first-order chi connectivity index (χ1) is 10.2. The quantitative estimate of drug-likeness (QED) is 0.836. The molecule has 0 aromatic carbocycles. The van der Waals surface area contributed by atoms with E-state index >= 15 is 0 Å². The number of amides is 3. The van der Waals surface area contributed by atoms with Crippen molar-refractivity contribution in [3.63, 3.8) is 0 Å². The van der Waals surface area contributed by atoms with Gasteiger partial charge in [0.25, 0.3) is 0 Å². The number of rotatable bonds is 3. The van der Waals surface area contributed by atoms with Crippen LogP contribution in [0, 0.1) is 5.92 Å². The maximum absolute atomic E-state index is 12.4. The minimum Gasteiger partial charge on any atom is -0.340 e. The summed E-state index contributed by atoms with van der Waals surface area (Å²) in [7, 11) is 0. The monoisotopic (exact) mass is 293 g/mol. The second kappa shape index (κ2) is 6.67. The molecule has 0 bridgehead atoms. The molecular formula is C16H27N3O2. The van der Waals surface area contributed by atoms with Crippen molar-refractivity contribution >= 4 is 11.9 Å². The highest BCUT2D eigenvalue weighted by molar-refractivity contribution is 5.80. The predicted octanol–water partition coefficient (Wildman–Crippen LogP) is 2.02. The summed E-state index contributed by atoms with van der Waals surface area (Å²) in [6, 6.07) is 0.418. The molecule has 1 aliphatic heterocycles. The molecule has 1 saturated heterocycles. The van der Waals surface area contributed by atoms with Crippen molar-refractivity contribution in [3.05, 3.63) is 0 Å². The topological polar surface area (TPSA) is 61.4 Å². The Bertz CT molecular complexity index is 387. The third-order valence-electron chi connectivity index (χ3n) is 5.23. The summed E-state index contributed by atoms with van der Waals surface area (Å²) in [5.74, 6) is 0.559. The number of urea groups is 1. The number of nitrogens with one attached hydrogen (secondary N) is 2. The highest BCUT2D eigenvalue weighted by Gasteiger charge is 2.32. The Kier molecular flexibility index (Phi) is 4.66. The van der Waals surface area contributed by atoms with E-state index in [0.717, 1.165) is 38.6 Å². The maximum Gasteiger partial charge on any atom is 0.315 e. The van der Waals surface area contributed by atoms with Crippen molar-refractivity contribution in [1.29, 1.82) is 0 Å². The highest BCUT2D eigenvalue weighted by atomic mass is 16.2. The molecule has 5 heteroatoms. The Balaban J connectivity index is 1.41. The van der Waals surface area contributed by atoms with E-state index in [1.807, 2.05) is 4.90 Å². The van der Waals surface area contributed by atoms with Crippen LogP contribution in [-0.2, 0) is 4.79 Å². The second-order valence-corrected chi connectivity index (χ2v) is 6.85. The highest BCUT2D eigenvalue weighted by Crippen LogP contribution is 2.27. The van der Waals surface area contributed by atoms with Crippen molar-refractivity contribution in [2.24, 2.45) is 5.92 Å². The lowest BCUT2D eigenvalue weighted by Crippen LogP contribution is -2.47. The molecule has 1 unspecified atom stereocenters. The van der Waals surface area contributed by atoms with Crippen LogP contribution < -0.4 is 10.6 Å². The van der Waals surface area contributed by atoms with Crippen LogP contribution in [0.15, 0.2) is 0 Å². The zero-order valence-corrected chi connectivity index (χ0v) is 12.8. The van der Waals surface area contributed by atoms with E-state index in [9.17, 15) is 9.59 Å². The van der Waals surface area contributed by atoms with Gasteiger partial charge in [-0.3, -0.25) is 4.79 Å². The van der Waals surface area contributed by atoms with Gasteiger partial charge in [-0.05, 0) is 32.1 Å². The fraction of sp³-hybridized carbons (Fsp3) is 0.875. The van der Waals surface area contributed by atoms with Gasteiger partial charge in [-0.2, -0.15) is 0 Å². The number of hydrogen-bond acceptors (Lipinski definition) is 2. The maximum atomic E-state index is 12.4. The summed E-state index contributed by atoms with van der Waals surface area (Å²) in [6.07, 6.45) is 10.0. The fourth-order valence-corrected chi connectivity index (χ4v) is 3.99. The van der Waals surface area contributed by atoms with Gasteiger partial charge in [-0.25, -0.2) is 4.79 Å². The molecule has 3 aliphatic rings. The number of nitrogens with zero attached hydrogens (tertiary/aromatic N) is 1. The zero-order chi connectivity index (χ0) is 14.7. The first-order valence-corrected chi connectivity index (χ1v) is 8.58. The normalized spacial score (nSPS) is 27.2. The molecule has 21 heavy (non-hydrogen) atoms. The summed E-state index contributed by atoms with van der Waals surface area (Å²) in [5.41, 5.74) is 0. The summed E-state index contributed by atoms with van der Waals surface area (Å²) in [5, 5.41) is 6.09. The lowest BCUT2D eigenvalue weighted by molar-refractivity contribution is -0.134. The molecular weight excluding hydrogens is 266 g/mol. The lowest BCUT2D eigenvalue weighted by atomic mass is 10.1. The van der Waals surface area contributed by atoms with E-state index in [2.05, 4.69) is 10.6 Å². The van der Waals surface area contributed by atoms with Gasteiger partial charge >= 0.3 is 6.03 Å². The lowest BCUT2D eigenvalue weighted by Gasteiger charge is -2.21. The van der Waals surface area contributed by atoms with Gasteiger partial charge in [0.15, 0.2) is 0 Å². The van der Waals surface area contributed by atoms with Crippen LogP contribution in [0.2, 0.25) is 0 Å². The average molecular weight is 293 g/mol. The van der Waals surface area contributed by atoms with Crippen molar-refractivity contribution < 1.29 is 9.59 Å². The molecule has 0 aromatic rings. The van der Waals surface area contributed by atoms with Crippen molar-refractivity contribution in [1.82, 2.24) is 15.5 Å². The molecule has 2 N–H and O–H groups in total. The van der Waals surface area contributed by atoms with Crippen LogP contribution in [0.25, 0.3) is 0 Å². The molecule has 3 amide bonds. The molecule has 2 aliphatic carbocycles. The van der Waals surface area contributed by atoms with Gasteiger partial charge in [-0.15, -0.1) is 0 Å². The molecule has 1 heterocycles. The number of carbonyl (C=O) groups excluding carboxylic acids is 2. The van der Waals surface area contributed by atoms with Gasteiger partial charge in [0.2, 0.25) is 5.91 Å². The van der Waals surface area contributed by atoms with Crippen molar-refractivity contribution in [2.45, 2.75) is 69.9 Å². The summed E-state index contributed by atoms with van der Waals surface area (Å²) in [6.45, 7) is 1.48. The van der Waals surface area contributed by atoms with Gasteiger partial charge in [0.1, 0.15) is 0 Å². The molecule has 1 atom stereocenters. The first-order valence-electron chi connectivity index (χ1n) is 8.58. The molecule has 5 nitrogen and oxygen atoms in total. The largest absolute Gasteiger partial charge is 0.340 e. The van der Waals surface area contributed by atoms with Crippen LogP contribution in [0.5, 0.6) is 0 Å². The Morgan fingerprint density at radius 2 is 1.43 bits per heavy atom. The molecule has 0 aromatic heterocycles. The molecule has 0 radical (unpaired) electrons. The zero-order valence-electron chi connectivity index (χ0n) is 12.8. The van der Waals surface area contributed by atoms with Crippen molar-refractivity contribution in [2.75, 3.05) is 13.1 Å². The minimum atomic E-state index is -0.0536. The van der Waals surface area contributed by atoms with Crippen LogP contribution >= 0.6 is 0 Å². The van der Waals surface area contributed by atoms with E-state index in [-0.39, 0.29) is 18.0 Å². The number of carbonyl (C=O) groups is 2. The van der Waals surface area contributed by atoms with Gasteiger partial charge in [-0.1, -0.05) is 25.7 Å². The molecule has 118 valence electrons. The summed E-state index contributed by atoms with van der Waals surface area (Å²) < 4.78 is 0. The SMILES string of the molecule is O=C(NC1CCCC1)NC1CCN(C(=O)C2CCCC2)C1. The van der Waals surface area contributed by atoms with E-state index < -0.39 is 0 Å². The van der Waals surface area contributed by atoms with E-state index in [1.165, 1.54) is 25.7 Å². The number of likely N-dealkylation sites (tertiary alicyclic amines) is 1. The Morgan fingerprint density at radius 1 is 0.810 bits per heavy atom.